The van der Waals surface area contributed by atoms with Crippen LogP contribution in [0.1, 0.15) is 36.8 Å². The van der Waals surface area contributed by atoms with Crippen LogP contribution in [0.4, 0.5) is 0 Å². The summed E-state index contributed by atoms with van der Waals surface area (Å²) in [5.74, 6) is 0.813. The molecule has 0 bridgehead atoms. The first-order valence-electron chi connectivity index (χ1n) is 14.0. The third kappa shape index (κ3) is 7.48. The van der Waals surface area contributed by atoms with Crippen molar-refractivity contribution in [3.63, 3.8) is 0 Å². The molecule has 0 atom stereocenters. The quantitative estimate of drug-likeness (QED) is 0.126. The zero-order valence-corrected chi connectivity index (χ0v) is 22.7. The summed E-state index contributed by atoms with van der Waals surface area (Å²) in [6, 6.07) is 33.3. The molecule has 0 aliphatic heterocycles. The number of rotatable bonds is 13. The molecule has 0 aliphatic rings. The molecule has 5 aromatic rings. The number of aryl methyl sites for hydroxylation is 1. The van der Waals surface area contributed by atoms with Gasteiger partial charge in [-0.1, -0.05) is 79.6 Å². The number of amides is 1. The van der Waals surface area contributed by atoms with Crippen molar-refractivity contribution in [2.45, 2.75) is 38.8 Å². The highest BCUT2D eigenvalue weighted by molar-refractivity contribution is 5.91. The van der Waals surface area contributed by atoms with Crippen LogP contribution in [0.5, 0.6) is 5.75 Å². The zero-order valence-electron chi connectivity index (χ0n) is 22.7. The molecule has 1 N–H and O–H groups in total. The largest absolute Gasteiger partial charge is 0.489 e. The average molecular weight is 530 g/mol. The van der Waals surface area contributed by atoms with Gasteiger partial charge in [0.05, 0.1) is 0 Å². The SMILES string of the molecule is O=C(/C=C/c1cccnc1)NCCCCCCn1c(-c2ccccc2)cc2cc(OCc3ccccc3)ccc21. The monoisotopic (exact) mass is 529 g/mol. The fourth-order valence-corrected chi connectivity index (χ4v) is 4.83. The molecule has 5 rings (SSSR count). The molecule has 2 heterocycles. The Morgan fingerprint density at radius 3 is 2.45 bits per heavy atom. The van der Waals surface area contributed by atoms with Crippen molar-refractivity contribution in [1.29, 1.82) is 0 Å². The van der Waals surface area contributed by atoms with Crippen LogP contribution in [0.25, 0.3) is 28.2 Å². The lowest BCUT2D eigenvalue weighted by Gasteiger charge is -2.12. The number of pyridine rings is 1. The Kier molecular flexibility index (Phi) is 9.40. The molecule has 0 aliphatic carbocycles. The molecular formula is C35H35N3O2. The molecule has 0 saturated carbocycles. The van der Waals surface area contributed by atoms with Crippen molar-refractivity contribution < 1.29 is 9.53 Å². The predicted molar refractivity (Wildman–Crippen MR) is 163 cm³/mol. The van der Waals surface area contributed by atoms with E-state index in [0.29, 0.717) is 13.2 Å². The van der Waals surface area contributed by atoms with Crippen LogP contribution in [0.15, 0.2) is 116 Å². The normalized spacial score (nSPS) is 11.2. The summed E-state index contributed by atoms with van der Waals surface area (Å²) in [5, 5.41) is 4.16. The third-order valence-corrected chi connectivity index (χ3v) is 6.91. The minimum absolute atomic E-state index is 0.0673. The predicted octanol–water partition coefficient (Wildman–Crippen LogP) is 7.67. The molecule has 1 amide bonds. The minimum atomic E-state index is -0.0673. The lowest BCUT2D eigenvalue weighted by Crippen LogP contribution is -2.21. The van der Waals surface area contributed by atoms with Gasteiger partial charge in [0.1, 0.15) is 12.4 Å². The number of carbonyl (C=O) groups is 1. The first kappa shape index (κ1) is 26.9. The van der Waals surface area contributed by atoms with Crippen molar-refractivity contribution in [1.82, 2.24) is 14.9 Å². The number of ether oxygens (including phenoxy) is 1. The molecule has 2 aromatic heterocycles. The fourth-order valence-electron chi connectivity index (χ4n) is 4.83. The molecule has 0 saturated heterocycles. The Labute approximate surface area is 236 Å². The van der Waals surface area contributed by atoms with Crippen LogP contribution >= 0.6 is 0 Å². The molecule has 40 heavy (non-hydrogen) atoms. The van der Waals surface area contributed by atoms with Gasteiger partial charge in [-0.25, -0.2) is 0 Å². The van der Waals surface area contributed by atoms with Crippen LogP contribution < -0.4 is 10.1 Å². The molecule has 202 valence electrons. The van der Waals surface area contributed by atoms with Crippen molar-refractivity contribution >= 4 is 22.9 Å². The van der Waals surface area contributed by atoms with E-state index >= 15 is 0 Å². The Morgan fingerprint density at radius 2 is 1.65 bits per heavy atom. The molecule has 0 fully saturated rings. The highest BCUT2D eigenvalue weighted by Crippen LogP contribution is 2.31. The number of aromatic nitrogens is 2. The van der Waals surface area contributed by atoms with Crippen LogP contribution in [0.2, 0.25) is 0 Å². The van der Waals surface area contributed by atoms with Gasteiger partial charge in [-0.3, -0.25) is 9.78 Å². The molecular weight excluding hydrogens is 494 g/mol. The minimum Gasteiger partial charge on any atom is -0.489 e. The van der Waals surface area contributed by atoms with Crippen molar-refractivity contribution in [2.75, 3.05) is 6.54 Å². The summed E-state index contributed by atoms with van der Waals surface area (Å²) >= 11 is 0. The van der Waals surface area contributed by atoms with E-state index in [-0.39, 0.29) is 5.91 Å². The van der Waals surface area contributed by atoms with E-state index in [4.69, 9.17) is 4.74 Å². The van der Waals surface area contributed by atoms with Gasteiger partial charge in [0.2, 0.25) is 5.91 Å². The van der Waals surface area contributed by atoms with Gasteiger partial charge >= 0.3 is 0 Å². The third-order valence-electron chi connectivity index (χ3n) is 6.91. The molecule has 3 aromatic carbocycles. The van der Waals surface area contributed by atoms with Gasteiger partial charge in [-0.15, -0.1) is 0 Å². The Hall–Kier alpha value is -4.64. The number of hydrogen-bond donors (Lipinski definition) is 1. The Bertz CT molecular complexity index is 1530. The van der Waals surface area contributed by atoms with E-state index in [1.807, 2.05) is 30.3 Å². The lowest BCUT2D eigenvalue weighted by molar-refractivity contribution is -0.116. The van der Waals surface area contributed by atoms with E-state index < -0.39 is 0 Å². The van der Waals surface area contributed by atoms with Gasteiger partial charge in [0.15, 0.2) is 0 Å². The van der Waals surface area contributed by atoms with E-state index in [2.05, 4.69) is 81.6 Å². The van der Waals surface area contributed by atoms with Crippen molar-refractivity contribution in [2.24, 2.45) is 0 Å². The summed E-state index contributed by atoms with van der Waals surface area (Å²) < 4.78 is 8.53. The number of nitrogens with zero attached hydrogens (tertiary/aromatic N) is 2. The number of nitrogens with one attached hydrogen (secondary N) is 1. The molecule has 5 nitrogen and oxygen atoms in total. The number of fused-ring (bicyclic) bond motifs is 1. The van der Waals surface area contributed by atoms with Gasteiger partial charge in [-0.2, -0.15) is 0 Å². The fraction of sp³-hybridized carbons (Fsp3) is 0.200. The average Bonchev–Trinajstić information content (AvgIpc) is 3.37. The zero-order chi connectivity index (χ0) is 27.4. The van der Waals surface area contributed by atoms with E-state index in [0.717, 1.165) is 49.1 Å². The highest BCUT2D eigenvalue weighted by atomic mass is 16.5. The first-order chi connectivity index (χ1) is 19.8. The second kappa shape index (κ2) is 13.9. The summed E-state index contributed by atoms with van der Waals surface area (Å²) in [4.78, 5) is 16.1. The number of benzene rings is 3. The van der Waals surface area contributed by atoms with E-state index in [9.17, 15) is 4.79 Å². The maximum Gasteiger partial charge on any atom is 0.243 e. The standard InChI is InChI=1S/C35H35N3O2/c39-35(20-17-28-14-11-21-36-26-28)37-22-9-1-2-10-23-38-33-19-18-32(40-27-29-12-5-3-6-13-29)24-31(33)25-34(38)30-15-7-4-8-16-30/h3-8,11-21,24-26H,1-2,9-10,22-23,27H2,(H,37,39)/b20-17+. The van der Waals surface area contributed by atoms with Crippen LogP contribution in [0, 0.1) is 0 Å². The second-order valence-electron chi connectivity index (χ2n) is 9.87. The topological polar surface area (TPSA) is 56.2 Å². The molecule has 0 unspecified atom stereocenters. The van der Waals surface area contributed by atoms with Crippen molar-refractivity contribution in [3.8, 4) is 17.0 Å². The van der Waals surface area contributed by atoms with Crippen LogP contribution in [0.3, 0.4) is 0 Å². The first-order valence-corrected chi connectivity index (χ1v) is 14.0. The van der Waals surface area contributed by atoms with Crippen LogP contribution in [-0.4, -0.2) is 22.0 Å². The summed E-state index contributed by atoms with van der Waals surface area (Å²) in [5.41, 5.74) is 5.74. The molecule has 0 spiro atoms. The maximum absolute atomic E-state index is 12.1. The second-order valence-corrected chi connectivity index (χ2v) is 9.87. The number of unbranched alkanes of at least 4 members (excludes halogenated alkanes) is 3. The van der Waals surface area contributed by atoms with E-state index in [1.165, 1.54) is 22.2 Å². The number of hydrogen-bond acceptors (Lipinski definition) is 3. The van der Waals surface area contributed by atoms with Gasteiger partial charge in [0.25, 0.3) is 0 Å². The summed E-state index contributed by atoms with van der Waals surface area (Å²) in [7, 11) is 0. The van der Waals surface area contributed by atoms with Crippen molar-refractivity contribution in [3.05, 3.63) is 127 Å². The van der Waals surface area contributed by atoms with Gasteiger partial charge < -0.3 is 14.6 Å². The smallest absolute Gasteiger partial charge is 0.243 e. The van der Waals surface area contributed by atoms with Gasteiger partial charge in [0, 0.05) is 48.2 Å². The maximum atomic E-state index is 12.1. The number of carbonyl (C=O) groups excluding carboxylic acids is 1. The lowest BCUT2D eigenvalue weighted by atomic mass is 10.1. The van der Waals surface area contributed by atoms with Crippen LogP contribution in [-0.2, 0) is 17.9 Å². The van der Waals surface area contributed by atoms with Gasteiger partial charge in [-0.05, 0) is 65.9 Å². The summed E-state index contributed by atoms with van der Waals surface area (Å²) in [6.45, 7) is 2.18. The summed E-state index contributed by atoms with van der Waals surface area (Å²) in [6.07, 6.45) is 11.0. The van der Waals surface area contributed by atoms with E-state index in [1.54, 1.807) is 24.5 Å². The molecule has 5 heteroatoms. The Balaban J connectivity index is 1.15. The Morgan fingerprint density at radius 1 is 0.850 bits per heavy atom. The molecule has 0 radical (unpaired) electrons. The highest BCUT2D eigenvalue weighted by Gasteiger charge is 2.12.